The van der Waals surface area contributed by atoms with Crippen molar-refractivity contribution in [2.75, 3.05) is 26.5 Å². The van der Waals surface area contributed by atoms with Crippen molar-refractivity contribution in [2.24, 2.45) is 22.7 Å². The van der Waals surface area contributed by atoms with Gasteiger partial charge in [0.15, 0.2) is 0 Å². The van der Waals surface area contributed by atoms with Crippen LogP contribution >= 0.6 is 11.8 Å². The summed E-state index contributed by atoms with van der Waals surface area (Å²) >= 11 is 1.89. The molecular formula is C35H47N3O4S. The average Bonchev–Trinajstić information content (AvgIpc) is 3.68. The van der Waals surface area contributed by atoms with Gasteiger partial charge in [0.05, 0.1) is 29.3 Å². The lowest BCUT2D eigenvalue weighted by atomic mass is 9.90. The summed E-state index contributed by atoms with van der Waals surface area (Å²) in [6.45, 7) is 8.10. The molecule has 7 nitrogen and oxygen atoms in total. The maximum atomic E-state index is 13.5. The molecule has 2 fully saturated rings. The van der Waals surface area contributed by atoms with Crippen molar-refractivity contribution in [3.63, 3.8) is 0 Å². The number of thioether (sulfide) groups is 1. The molecule has 2 saturated carbocycles. The van der Waals surface area contributed by atoms with Crippen LogP contribution in [-0.2, 0) is 9.59 Å². The molecule has 2 aliphatic carbocycles. The van der Waals surface area contributed by atoms with Crippen LogP contribution in [0.1, 0.15) is 88.4 Å². The van der Waals surface area contributed by atoms with Crippen LogP contribution in [0.15, 0.2) is 35.8 Å². The molecule has 1 aliphatic heterocycles. The van der Waals surface area contributed by atoms with Crippen LogP contribution < -0.4 is 9.47 Å². The van der Waals surface area contributed by atoms with Crippen molar-refractivity contribution in [1.82, 2.24) is 9.88 Å². The Labute approximate surface area is 260 Å². The average molecular weight is 606 g/mol. The molecule has 4 atom stereocenters. The quantitative estimate of drug-likeness (QED) is 0.184. The van der Waals surface area contributed by atoms with Crippen molar-refractivity contribution < 1.29 is 19.1 Å². The van der Waals surface area contributed by atoms with E-state index in [-0.39, 0.29) is 35.7 Å². The normalized spacial score (nSPS) is 24.1. The van der Waals surface area contributed by atoms with Gasteiger partial charge in [-0.1, -0.05) is 25.3 Å². The zero-order chi connectivity index (χ0) is 30.5. The Morgan fingerprint density at radius 2 is 1.88 bits per heavy atom. The second kappa shape index (κ2) is 14.3. The molecule has 43 heavy (non-hydrogen) atoms. The van der Waals surface area contributed by atoms with Crippen LogP contribution in [0, 0.1) is 24.7 Å². The molecule has 3 aliphatic rings. The predicted octanol–water partition coefficient (Wildman–Crippen LogP) is 7.50. The number of carbonyl (C=O) groups is 2. The lowest BCUT2D eigenvalue weighted by molar-refractivity contribution is -0.138. The Kier molecular flexibility index (Phi) is 10.5. The van der Waals surface area contributed by atoms with E-state index in [0.29, 0.717) is 25.3 Å². The third kappa shape index (κ3) is 7.11. The van der Waals surface area contributed by atoms with E-state index >= 15 is 0 Å². The van der Waals surface area contributed by atoms with Gasteiger partial charge < -0.3 is 14.4 Å². The molecule has 1 aromatic carbocycles. The molecule has 0 spiro atoms. The Balaban J connectivity index is 1.40. The summed E-state index contributed by atoms with van der Waals surface area (Å²) in [6.07, 6.45) is 12.0. The highest BCUT2D eigenvalue weighted by molar-refractivity contribution is 8.14. The summed E-state index contributed by atoms with van der Waals surface area (Å²) in [5.41, 5.74) is 2.73. The van der Waals surface area contributed by atoms with E-state index in [1.54, 1.807) is 18.9 Å². The van der Waals surface area contributed by atoms with Gasteiger partial charge in [-0.3, -0.25) is 14.6 Å². The number of aromatic nitrogens is 1. The van der Waals surface area contributed by atoms with Crippen LogP contribution in [0.25, 0.3) is 10.9 Å². The number of rotatable bonds is 12. The number of ketones is 1. The summed E-state index contributed by atoms with van der Waals surface area (Å²) < 4.78 is 12.4. The summed E-state index contributed by atoms with van der Waals surface area (Å²) in [7, 11) is 3.53. The smallest absolute Gasteiger partial charge is 0.226 e. The van der Waals surface area contributed by atoms with Crippen molar-refractivity contribution in [3.05, 3.63) is 42.1 Å². The van der Waals surface area contributed by atoms with Crippen molar-refractivity contribution in [2.45, 2.75) is 90.2 Å². The molecule has 232 valence electrons. The molecule has 0 bridgehead atoms. The standard InChI is InChI=1S/C35H47N3O4S/c1-6-7-8-12-17-38(4)35(40)28-19-25(18-27(28)23(3)39)42-32-20-29(36-33-22(2)31(41-5)16-15-26(32)33)30-21-43-34(37-30)24-13-10-9-11-14-24/h6,15-16,20,24-25,27-28,30H,1,7-14,17-19,21H2,2-5H3/t25-,27+,28-,30?/m1/s1. The highest BCUT2D eigenvalue weighted by Crippen LogP contribution is 2.42. The van der Waals surface area contributed by atoms with E-state index in [1.165, 1.54) is 37.1 Å². The van der Waals surface area contributed by atoms with Crippen molar-refractivity contribution in [1.29, 1.82) is 0 Å². The monoisotopic (exact) mass is 605 g/mol. The highest BCUT2D eigenvalue weighted by atomic mass is 32.2. The highest BCUT2D eigenvalue weighted by Gasteiger charge is 2.43. The first-order chi connectivity index (χ1) is 20.8. The Bertz CT molecular complexity index is 1370. The third-order valence-corrected chi connectivity index (χ3v) is 10.8. The number of unbranched alkanes of at least 4 members (excludes halogenated alkanes) is 2. The van der Waals surface area contributed by atoms with Gasteiger partial charge in [0.25, 0.3) is 0 Å². The van der Waals surface area contributed by atoms with Gasteiger partial charge in [-0.25, -0.2) is 4.98 Å². The molecule has 2 aromatic rings. The molecule has 1 amide bonds. The Morgan fingerprint density at radius 1 is 1.12 bits per heavy atom. The number of pyridine rings is 1. The van der Waals surface area contributed by atoms with Gasteiger partial charge in [-0.2, -0.15) is 0 Å². The number of hydrogen-bond acceptors (Lipinski definition) is 7. The topological polar surface area (TPSA) is 81.1 Å². The fourth-order valence-corrected chi connectivity index (χ4v) is 8.27. The van der Waals surface area contributed by atoms with Crippen LogP contribution in [0.3, 0.4) is 0 Å². The number of carbonyl (C=O) groups excluding carboxylic acids is 2. The minimum atomic E-state index is -0.366. The van der Waals surface area contributed by atoms with E-state index in [9.17, 15) is 9.59 Å². The number of benzene rings is 1. The van der Waals surface area contributed by atoms with E-state index in [0.717, 1.165) is 58.7 Å². The fourth-order valence-electron chi connectivity index (χ4n) is 7.02. The van der Waals surface area contributed by atoms with Gasteiger partial charge in [0.2, 0.25) is 5.91 Å². The second-order valence-electron chi connectivity index (χ2n) is 12.5. The van der Waals surface area contributed by atoms with Crippen molar-refractivity contribution >= 4 is 39.4 Å². The zero-order valence-electron chi connectivity index (χ0n) is 26.3. The number of aryl methyl sites for hydroxylation is 1. The molecule has 1 unspecified atom stereocenters. The van der Waals surface area contributed by atoms with E-state index < -0.39 is 0 Å². The van der Waals surface area contributed by atoms with Crippen LogP contribution in [0.2, 0.25) is 0 Å². The summed E-state index contributed by atoms with van der Waals surface area (Å²) in [5, 5.41) is 2.20. The number of methoxy groups -OCH3 is 1. The van der Waals surface area contributed by atoms with E-state index in [2.05, 4.69) is 12.6 Å². The van der Waals surface area contributed by atoms with Crippen LogP contribution in [0.4, 0.5) is 0 Å². The molecular weight excluding hydrogens is 558 g/mol. The minimum Gasteiger partial charge on any atom is -0.496 e. The maximum absolute atomic E-state index is 13.5. The fraction of sp³-hybridized carbons (Fsp3) is 0.600. The molecule has 1 aromatic heterocycles. The van der Waals surface area contributed by atoms with E-state index in [1.807, 2.05) is 43.9 Å². The Morgan fingerprint density at radius 3 is 2.60 bits per heavy atom. The number of amides is 1. The molecule has 5 rings (SSSR count). The first-order valence-corrected chi connectivity index (χ1v) is 17.0. The first kappa shape index (κ1) is 31.6. The molecule has 8 heteroatoms. The molecule has 2 heterocycles. The number of nitrogens with zero attached hydrogens (tertiary/aromatic N) is 3. The number of ether oxygens (including phenoxy) is 2. The number of aliphatic imine (C=N–C) groups is 1. The lowest BCUT2D eigenvalue weighted by Crippen LogP contribution is -2.37. The van der Waals surface area contributed by atoms with Crippen LogP contribution in [0.5, 0.6) is 11.5 Å². The zero-order valence-corrected chi connectivity index (χ0v) is 27.1. The molecule has 0 N–H and O–H groups in total. The summed E-state index contributed by atoms with van der Waals surface area (Å²) in [5.74, 6) is 2.39. The number of hydrogen-bond donors (Lipinski definition) is 0. The number of allylic oxidation sites excluding steroid dienone is 1. The van der Waals surface area contributed by atoms with Crippen molar-refractivity contribution in [3.8, 4) is 11.5 Å². The van der Waals surface area contributed by atoms with Gasteiger partial charge in [-0.15, -0.1) is 18.3 Å². The third-order valence-electron chi connectivity index (χ3n) is 9.53. The summed E-state index contributed by atoms with van der Waals surface area (Å²) in [4.78, 5) is 38.3. The minimum absolute atomic E-state index is 0.0168. The van der Waals surface area contributed by atoms with Crippen LogP contribution in [-0.4, -0.2) is 59.2 Å². The van der Waals surface area contributed by atoms with Gasteiger partial charge in [0, 0.05) is 48.2 Å². The molecule has 0 saturated heterocycles. The predicted molar refractivity (Wildman–Crippen MR) is 175 cm³/mol. The Hall–Kier alpha value is -2.87. The summed E-state index contributed by atoms with van der Waals surface area (Å²) in [6, 6.07) is 6.00. The van der Waals surface area contributed by atoms with E-state index in [4.69, 9.17) is 19.5 Å². The largest absolute Gasteiger partial charge is 0.496 e. The first-order valence-electron chi connectivity index (χ1n) is 16.0. The number of fused-ring (bicyclic) bond motifs is 1. The SMILES string of the molecule is C=CCCCCN(C)C(=O)[C@@H]1C[C@H](Oc2cc(C3CSC(C4CCCCC4)=N3)nc3c(C)c(OC)ccc23)C[C@H]1C(C)=O. The van der Waals surface area contributed by atoms with Gasteiger partial charge in [0.1, 0.15) is 29.4 Å². The van der Waals surface area contributed by atoms with Gasteiger partial charge in [-0.05, 0) is 70.9 Å². The number of Topliss-reactive ketones (excluding diaryl/α,β-unsaturated/α-hetero) is 1. The van der Waals surface area contributed by atoms with Gasteiger partial charge >= 0.3 is 0 Å². The lowest BCUT2D eigenvalue weighted by Gasteiger charge is -2.24. The second-order valence-corrected chi connectivity index (χ2v) is 13.6. The molecule has 0 radical (unpaired) electrons. The maximum Gasteiger partial charge on any atom is 0.226 e.